The molecule has 3 aromatic rings. The zero-order chi connectivity index (χ0) is 15.1. The van der Waals surface area contributed by atoms with E-state index >= 15 is 0 Å². The van der Waals surface area contributed by atoms with Crippen molar-refractivity contribution in [2.75, 3.05) is 5.73 Å². The third-order valence-corrected chi connectivity index (χ3v) is 4.62. The SMILES string of the molecule is Nc1ncc(-c2nc3c(s2)C=C(c2ccc(F)cc2)C3)cn1. The van der Waals surface area contributed by atoms with Crippen molar-refractivity contribution in [3.8, 4) is 10.6 Å². The minimum atomic E-state index is -0.221. The first-order valence-electron chi connectivity index (χ1n) is 6.73. The molecule has 0 fully saturated rings. The first-order valence-corrected chi connectivity index (χ1v) is 7.55. The summed E-state index contributed by atoms with van der Waals surface area (Å²) in [4.78, 5) is 13.8. The number of anilines is 1. The minimum absolute atomic E-state index is 0.221. The molecule has 4 nitrogen and oxygen atoms in total. The second-order valence-electron chi connectivity index (χ2n) is 5.01. The Morgan fingerprint density at radius 1 is 1.05 bits per heavy atom. The average molecular weight is 310 g/mol. The smallest absolute Gasteiger partial charge is 0.219 e. The van der Waals surface area contributed by atoms with Crippen LogP contribution >= 0.6 is 11.3 Å². The Hall–Kier alpha value is -2.60. The molecule has 4 rings (SSSR count). The summed E-state index contributed by atoms with van der Waals surface area (Å²) < 4.78 is 13.0. The van der Waals surface area contributed by atoms with E-state index < -0.39 is 0 Å². The van der Waals surface area contributed by atoms with E-state index in [1.807, 2.05) is 0 Å². The predicted octanol–water partition coefficient (Wildman–Crippen LogP) is 3.42. The monoisotopic (exact) mass is 310 g/mol. The molecule has 6 heteroatoms. The zero-order valence-corrected chi connectivity index (χ0v) is 12.3. The first kappa shape index (κ1) is 13.1. The number of benzene rings is 1. The van der Waals surface area contributed by atoms with E-state index in [1.54, 1.807) is 35.9 Å². The second kappa shape index (κ2) is 4.99. The summed E-state index contributed by atoms with van der Waals surface area (Å²) in [6.07, 6.45) is 6.23. The van der Waals surface area contributed by atoms with Gasteiger partial charge in [0.25, 0.3) is 0 Å². The van der Waals surface area contributed by atoms with Crippen LogP contribution in [0.5, 0.6) is 0 Å². The minimum Gasteiger partial charge on any atom is -0.368 e. The van der Waals surface area contributed by atoms with Gasteiger partial charge in [0.05, 0.1) is 10.6 Å². The van der Waals surface area contributed by atoms with Gasteiger partial charge >= 0.3 is 0 Å². The van der Waals surface area contributed by atoms with Gasteiger partial charge in [0.1, 0.15) is 10.8 Å². The Labute approximate surface area is 130 Å². The molecule has 108 valence electrons. The summed E-state index contributed by atoms with van der Waals surface area (Å²) in [6, 6.07) is 6.55. The van der Waals surface area contributed by atoms with E-state index in [0.717, 1.165) is 38.7 Å². The van der Waals surface area contributed by atoms with Gasteiger partial charge in [-0.05, 0) is 29.3 Å². The van der Waals surface area contributed by atoms with Crippen LogP contribution in [0.4, 0.5) is 10.3 Å². The topological polar surface area (TPSA) is 64.7 Å². The van der Waals surface area contributed by atoms with E-state index in [2.05, 4.69) is 21.0 Å². The van der Waals surface area contributed by atoms with E-state index in [0.29, 0.717) is 0 Å². The maximum absolute atomic E-state index is 13.0. The number of thiazole rings is 1. The van der Waals surface area contributed by atoms with Crippen molar-refractivity contribution in [2.45, 2.75) is 6.42 Å². The fourth-order valence-electron chi connectivity index (χ4n) is 2.41. The van der Waals surface area contributed by atoms with Gasteiger partial charge in [-0.3, -0.25) is 0 Å². The molecule has 22 heavy (non-hydrogen) atoms. The molecule has 1 aromatic carbocycles. The van der Waals surface area contributed by atoms with Crippen LogP contribution in [-0.2, 0) is 6.42 Å². The molecule has 0 amide bonds. The number of halogens is 1. The zero-order valence-electron chi connectivity index (χ0n) is 11.5. The van der Waals surface area contributed by atoms with Crippen LogP contribution in [0.25, 0.3) is 22.2 Å². The van der Waals surface area contributed by atoms with Crippen molar-refractivity contribution in [3.63, 3.8) is 0 Å². The molecule has 1 aliphatic rings. The van der Waals surface area contributed by atoms with Gasteiger partial charge < -0.3 is 5.73 Å². The molecule has 0 spiro atoms. The summed E-state index contributed by atoms with van der Waals surface area (Å²) in [7, 11) is 0. The van der Waals surface area contributed by atoms with Crippen molar-refractivity contribution in [1.82, 2.24) is 15.0 Å². The van der Waals surface area contributed by atoms with E-state index in [-0.39, 0.29) is 11.8 Å². The summed E-state index contributed by atoms with van der Waals surface area (Å²) in [5.41, 5.74) is 9.59. The molecular weight excluding hydrogens is 299 g/mol. The van der Waals surface area contributed by atoms with E-state index in [1.165, 1.54) is 12.1 Å². The van der Waals surface area contributed by atoms with Gasteiger partial charge in [-0.25, -0.2) is 19.3 Å². The maximum Gasteiger partial charge on any atom is 0.219 e. The Morgan fingerprint density at radius 3 is 2.45 bits per heavy atom. The number of allylic oxidation sites excluding steroid dienone is 1. The second-order valence-corrected chi connectivity index (χ2v) is 6.04. The van der Waals surface area contributed by atoms with Gasteiger partial charge in [-0.1, -0.05) is 12.1 Å². The summed E-state index contributed by atoms with van der Waals surface area (Å²) >= 11 is 1.60. The molecule has 0 aliphatic heterocycles. The van der Waals surface area contributed by atoms with Crippen molar-refractivity contribution in [1.29, 1.82) is 0 Å². The average Bonchev–Trinajstić information content (AvgIpc) is 3.07. The van der Waals surface area contributed by atoms with Gasteiger partial charge in [0, 0.05) is 24.4 Å². The lowest BCUT2D eigenvalue weighted by Gasteiger charge is -2.01. The molecule has 0 bridgehead atoms. The fourth-order valence-corrected chi connectivity index (χ4v) is 3.44. The summed E-state index contributed by atoms with van der Waals surface area (Å²) in [6.45, 7) is 0. The van der Waals surface area contributed by atoms with Crippen molar-refractivity contribution in [3.05, 3.63) is 58.6 Å². The largest absolute Gasteiger partial charge is 0.368 e. The van der Waals surface area contributed by atoms with Crippen molar-refractivity contribution in [2.24, 2.45) is 0 Å². The molecule has 2 aromatic heterocycles. The lowest BCUT2D eigenvalue weighted by Crippen LogP contribution is -1.93. The van der Waals surface area contributed by atoms with Crippen LogP contribution in [0, 0.1) is 5.82 Å². The molecule has 0 atom stereocenters. The van der Waals surface area contributed by atoms with Crippen LogP contribution < -0.4 is 5.73 Å². The van der Waals surface area contributed by atoms with Crippen molar-refractivity contribution >= 4 is 28.9 Å². The van der Waals surface area contributed by atoms with Crippen LogP contribution in [0.3, 0.4) is 0 Å². The standard InChI is InChI=1S/C16H11FN4S/c17-12-3-1-9(2-4-12)10-5-13-14(6-10)22-15(21-13)11-7-19-16(18)20-8-11/h1-4,6-8H,5H2,(H2,18,19,20). The Bertz CT molecular complexity index is 866. The number of hydrogen-bond acceptors (Lipinski definition) is 5. The fraction of sp³-hybridized carbons (Fsp3) is 0.0625. The van der Waals surface area contributed by atoms with Gasteiger partial charge in [-0.2, -0.15) is 0 Å². The quantitative estimate of drug-likeness (QED) is 0.787. The van der Waals surface area contributed by atoms with Crippen LogP contribution in [0.15, 0.2) is 36.7 Å². The Balaban J connectivity index is 1.65. The number of nitrogens with zero attached hydrogens (tertiary/aromatic N) is 3. The lowest BCUT2D eigenvalue weighted by molar-refractivity contribution is 0.627. The van der Waals surface area contributed by atoms with E-state index in [9.17, 15) is 4.39 Å². The third-order valence-electron chi connectivity index (χ3n) is 3.52. The molecule has 2 N–H and O–H groups in total. The van der Waals surface area contributed by atoms with Gasteiger partial charge in [0.2, 0.25) is 5.95 Å². The van der Waals surface area contributed by atoms with Gasteiger partial charge in [0.15, 0.2) is 0 Å². The first-order chi connectivity index (χ1) is 10.7. The highest BCUT2D eigenvalue weighted by Crippen LogP contribution is 2.37. The number of nitrogens with two attached hydrogens (primary N) is 1. The number of nitrogen functional groups attached to an aromatic ring is 1. The van der Waals surface area contributed by atoms with Gasteiger partial charge in [-0.15, -0.1) is 11.3 Å². The van der Waals surface area contributed by atoms with Crippen LogP contribution in [-0.4, -0.2) is 15.0 Å². The van der Waals surface area contributed by atoms with Crippen LogP contribution in [0.1, 0.15) is 16.1 Å². The number of fused-ring (bicyclic) bond motifs is 1. The number of aromatic nitrogens is 3. The summed E-state index contributed by atoms with van der Waals surface area (Å²) in [5, 5.41) is 0.888. The third kappa shape index (κ3) is 2.27. The molecule has 2 heterocycles. The number of hydrogen-bond donors (Lipinski definition) is 1. The highest BCUT2D eigenvalue weighted by Gasteiger charge is 2.20. The number of rotatable bonds is 2. The van der Waals surface area contributed by atoms with E-state index in [4.69, 9.17) is 5.73 Å². The highest BCUT2D eigenvalue weighted by molar-refractivity contribution is 7.16. The predicted molar refractivity (Wildman–Crippen MR) is 85.5 cm³/mol. The molecule has 0 saturated carbocycles. The maximum atomic E-state index is 13.0. The molecular formula is C16H11FN4S. The normalized spacial score (nSPS) is 13.0. The Morgan fingerprint density at radius 2 is 1.77 bits per heavy atom. The van der Waals surface area contributed by atoms with Crippen molar-refractivity contribution < 1.29 is 4.39 Å². The summed E-state index contributed by atoms with van der Waals surface area (Å²) in [5.74, 6) is 0.0345. The molecule has 1 aliphatic carbocycles. The Kier molecular flexibility index (Phi) is 2.97. The molecule has 0 saturated heterocycles. The molecule has 0 unspecified atom stereocenters. The molecule has 0 radical (unpaired) electrons. The van der Waals surface area contributed by atoms with Crippen LogP contribution in [0.2, 0.25) is 0 Å². The lowest BCUT2D eigenvalue weighted by atomic mass is 10.1. The highest BCUT2D eigenvalue weighted by atomic mass is 32.1.